The Bertz CT molecular complexity index is 941. The molecule has 0 fully saturated rings. The molecule has 0 radical (unpaired) electrons. The van der Waals surface area contributed by atoms with Gasteiger partial charge in [-0.05, 0) is 83.2 Å². The van der Waals surface area contributed by atoms with E-state index in [1.54, 1.807) is 0 Å². The second-order valence-corrected chi connectivity index (χ2v) is 7.41. The average molecular weight is 364 g/mol. The van der Waals surface area contributed by atoms with E-state index in [0.717, 1.165) is 46.2 Å². The van der Waals surface area contributed by atoms with Gasteiger partial charge in [-0.3, -0.25) is 0 Å². The molecule has 0 atom stereocenters. The minimum atomic E-state index is 0.687. The van der Waals surface area contributed by atoms with E-state index in [1.165, 1.54) is 11.1 Å². The van der Waals surface area contributed by atoms with E-state index in [-0.39, 0.29) is 0 Å². The van der Waals surface area contributed by atoms with Gasteiger partial charge in [0, 0.05) is 29.1 Å². The molecule has 4 nitrogen and oxygen atoms in total. The molecule has 0 spiro atoms. The van der Waals surface area contributed by atoms with Gasteiger partial charge < -0.3 is 14.6 Å². The van der Waals surface area contributed by atoms with Crippen molar-refractivity contribution in [2.24, 2.45) is 0 Å². The van der Waals surface area contributed by atoms with Gasteiger partial charge in [-0.2, -0.15) is 0 Å². The monoisotopic (exact) mass is 363 g/mol. The SMILES string of the molecule is Cc1cc(-c2cccc(-c3ccc(OCCN(C)C)c(C)c3C)n2)c(C)[nH]1. The van der Waals surface area contributed by atoms with Gasteiger partial charge in [0.25, 0.3) is 0 Å². The lowest BCUT2D eigenvalue weighted by Crippen LogP contribution is -2.19. The summed E-state index contributed by atoms with van der Waals surface area (Å²) in [4.78, 5) is 10.4. The maximum absolute atomic E-state index is 5.96. The maximum Gasteiger partial charge on any atom is 0.122 e. The molecule has 4 heteroatoms. The first kappa shape index (κ1) is 19.2. The minimum absolute atomic E-state index is 0.687. The normalized spacial score (nSPS) is 11.2. The Morgan fingerprint density at radius 1 is 0.926 bits per heavy atom. The summed E-state index contributed by atoms with van der Waals surface area (Å²) >= 11 is 0. The molecule has 2 aromatic heterocycles. The number of aromatic amines is 1. The highest BCUT2D eigenvalue weighted by molar-refractivity contribution is 5.71. The van der Waals surface area contributed by atoms with Crippen molar-refractivity contribution in [1.29, 1.82) is 0 Å². The van der Waals surface area contributed by atoms with Crippen LogP contribution in [0.2, 0.25) is 0 Å². The Hall–Kier alpha value is -2.59. The summed E-state index contributed by atoms with van der Waals surface area (Å²) in [6.07, 6.45) is 0. The molecular weight excluding hydrogens is 334 g/mol. The van der Waals surface area contributed by atoms with Crippen LogP contribution in [0.5, 0.6) is 5.75 Å². The lowest BCUT2D eigenvalue weighted by atomic mass is 9.99. The molecule has 1 N–H and O–H groups in total. The van der Waals surface area contributed by atoms with Crippen molar-refractivity contribution in [1.82, 2.24) is 14.9 Å². The summed E-state index contributed by atoms with van der Waals surface area (Å²) in [5.41, 5.74) is 8.99. The lowest BCUT2D eigenvalue weighted by molar-refractivity contribution is 0.260. The highest BCUT2D eigenvalue weighted by atomic mass is 16.5. The van der Waals surface area contributed by atoms with E-state index in [0.29, 0.717) is 6.61 Å². The van der Waals surface area contributed by atoms with Crippen molar-refractivity contribution in [3.05, 3.63) is 58.9 Å². The second-order valence-electron chi connectivity index (χ2n) is 7.41. The Morgan fingerprint density at radius 2 is 1.63 bits per heavy atom. The molecule has 0 bridgehead atoms. The van der Waals surface area contributed by atoms with Crippen LogP contribution in [0.15, 0.2) is 36.4 Å². The van der Waals surface area contributed by atoms with Crippen LogP contribution in [0.25, 0.3) is 22.5 Å². The summed E-state index contributed by atoms with van der Waals surface area (Å²) in [6.45, 7) is 10.0. The fourth-order valence-corrected chi connectivity index (χ4v) is 3.29. The van der Waals surface area contributed by atoms with Crippen molar-refractivity contribution >= 4 is 0 Å². The Kier molecular flexibility index (Phi) is 5.66. The summed E-state index contributed by atoms with van der Waals surface area (Å²) < 4.78 is 5.96. The summed E-state index contributed by atoms with van der Waals surface area (Å²) in [5.74, 6) is 0.950. The zero-order valence-electron chi connectivity index (χ0n) is 17.2. The van der Waals surface area contributed by atoms with Crippen LogP contribution in [0.4, 0.5) is 0 Å². The van der Waals surface area contributed by atoms with E-state index < -0.39 is 0 Å². The van der Waals surface area contributed by atoms with Crippen LogP contribution in [0.3, 0.4) is 0 Å². The van der Waals surface area contributed by atoms with Crippen LogP contribution in [-0.4, -0.2) is 42.1 Å². The third-order valence-electron chi connectivity index (χ3n) is 4.98. The van der Waals surface area contributed by atoms with Crippen LogP contribution in [-0.2, 0) is 0 Å². The molecule has 3 aromatic rings. The first-order valence-corrected chi connectivity index (χ1v) is 9.38. The topological polar surface area (TPSA) is 41.1 Å². The van der Waals surface area contributed by atoms with Gasteiger partial charge in [-0.1, -0.05) is 6.07 Å². The molecule has 142 valence electrons. The van der Waals surface area contributed by atoms with Gasteiger partial charge in [0.1, 0.15) is 12.4 Å². The third kappa shape index (κ3) is 4.22. The second kappa shape index (κ2) is 7.97. The number of rotatable bonds is 6. The van der Waals surface area contributed by atoms with E-state index in [2.05, 4.69) is 88.1 Å². The number of pyridine rings is 1. The zero-order valence-corrected chi connectivity index (χ0v) is 17.2. The Balaban J connectivity index is 1.92. The van der Waals surface area contributed by atoms with Crippen molar-refractivity contribution in [2.45, 2.75) is 27.7 Å². The highest BCUT2D eigenvalue weighted by Gasteiger charge is 2.12. The summed E-state index contributed by atoms with van der Waals surface area (Å²) in [7, 11) is 4.11. The van der Waals surface area contributed by atoms with Crippen molar-refractivity contribution in [2.75, 3.05) is 27.2 Å². The van der Waals surface area contributed by atoms with E-state index >= 15 is 0 Å². The van der Waals surface area contributed by atoms with Gasteiger partial charge in [0.2, 0.25) is 0 Å². The van der Waals surface area contributed by atoms with Crippen LogP contribution < -0.4 is 4.74 Å². The third-order valence-corrected chi connectivity index (χ3v) is 4.98. The molecule has 0 saturated heterocycles. The number of hydrogen-bond acceptors (Lipinski definition) is 3. The predicted octanol–water partition coefficient (Wildman–Crippen LogP) is 4.92. The number of likely N-dealkylation sites (N-methyl/N-ethyl adjacent to an activating group) is 1. The van der Waals surface area contributed by atoms with Crippen LogP contribution >= 0.6 is 0 Å². The Labute approximate surface area is 162 Å². The number of benzene rings is 1. The largest absolute Gasteiger partial charge is 0.492 e. The fraction of sp³-hybridized carbons (Fsp3) is 0.348. The maximum atomic E-state index is 5.96. The number of H-pyrrole nitrogens is 1. The molecule has 2 heterocycles. The number of nitrogens with one attached hydrogen (secondary N) is 1. The fourth-order valence-electron chi connectivity index (χ4n) is 3.29. The van der Waals surface area contributed by atoms with E-state index in [4.69, 9.17) is 9.72 Å². The quantitative estimate of drug-likeness (QED) is 0.676. The first-order chi connectivity index (χ1) is 12.9. The lowest BCUT2D eigenvalue weighted by Gasteiger charge is -2.16. The highest BCUT2D eigenvalue weighted by Crippen LogP contribution is 2.32. The standard InChI is InChI=1S/C23H29N3O/c1-15-14-20(18(4)24-15)22-9-7-8-21(25-22)19-10-11-23(17(3)16(19)2)27-13-12-26(5)6/h7-11,14,24H,12-13H2,1-6H3. The van der Waals surface area contributed by atoms with Gasteiger partial charge in [-0.15, -0.1) is 0 Å². The smallest absolute Gasteiger partial charge is 0.122 e. The number of ether oxygens (including phenoxy) is 1. The zero-order chi connectivity index (χ0) is 19.6. The van der Waals surface area contributed by atoms with Crippen LogP contribution in [0.1, 0.15) is 22.5 Å². The molecule has 27 heavy (non-hydrogen) atoms. The van der Waals surface area contributed by atoms with Crippen molar-refractivity contribution in [3.8, 4) is 28.3 Å². The molecule has 0 aliphatic carbocycles. The minimum Gasteiger partial charge on any atom is -0.492 e. The summed E-state index contributed by atoms with van der Waals surface area (Å²) in [5, 5.41) is 0. The average Bonchev–Trinajstić information content (AvgIpc) is 2.97. The van der Waals surface area contributed by atoms with Gasteiger partial charge in [-0.25, -0.2) is 4.98 Å². The molecular formula is C23H29N3O. The van der Waals surface area contributed by atoms with Gasteiger partial charge in [0.05, 0.1) is 11.4 Å². The number of aromatic nitrogens is 2. The molecule has 0 amide bonds. The molecule has 3 rings (SSSR count). The molecule has 0 unspecified atom stereocenters. The van der Waals surface area contributed by atoms with Crippen molar-refractivity contribution < 1.29 is 4.74 Å². The Morgan fingerprint density at radius 3 is 2.26 bits per heavy atom. The molecule has 0 aliphatic rings. The van der Waals surface area contributed by atoms with E-state index in [9.17, 15) is 0 Å². The van der Waals surface area contributed by atoms with E-state index in [1.807, 2.05) is 0 Å². The first-order valence-electron chi connectivity index (χ1n) is 9.38. The predicted molar refractivity (Wildman–Crippen MR) is 112 cm³/mol. The number of hydrogen-bond donors (Lipinski definition) is 1. The van der Waals surface area contributed by atoms with Gasteiger partial charge >= 0.3 is 0 Å². The summed E-state index contributed by atoms with van der Waals surface area (Å²) in [6, 6.07) is 12.6. The molecule has 0 aliphatic heterocycles. The number of aryl methyl sites for hydroxylation is 2. The van der Waals surface area contributed by atoms with Crippen LogP contribution in [0, 0.1) is 27.7 Å². The van der Waals surface area contributed by atoms with Gasteiger partial charge in [0.15, 0.2) is 0 Å². The molecule has 0 saturated carbocycles. The van der Waals surface area contributed by atoms with Crippen molar-refractivity contribution in [3.63, 3.8) is 0 Å². The molecule has 1 aromatic carbocycles. The number of nitrogens with zero attached hydrogens (tertiary/aromatic N) is 2.